The molecule has 18 heavy (non-hydrogen) atoms. The van der Waals surface area contributed by atoms with E-state index >= 15 is 0 Å². The van der Waals surface area contributed by atoms with Gasteiger partial charge in [0.1, 0.15) is 5.82 Å². The highest BCUT2D eigenvalue weighted by Gasteiger charge is 2.25. The molecule has 1 heterocycles. The Bertz CT molecular complexity index is 456. The minimum absolute atomic E-state index is 0.143. The zero-order valence-corrected chi connectivity index (χ0v) is 11.3. The van der Waals surface area contributed by atoms with Crippen molar-refractivity contribution in [2.75, 3.05) is 26.2 Å². The minimum Gasteiger partial charge on any atom is -0.373 e. The summed E-state index contributed by atoms with van der Waals surface area (Å²) in [7, 11) is 0. The molecule has 98 valence electrons. The molecule has 1 aromatic carbocycles. The summed E-state index contributed by atoms with van der Waals surface area (Å²) in [6.07, 6.45) is -0.143. The maximum atomic E-state index is 13.2. The first-order valence-electron chi connectivity index (χ1n) is 5.68. The zero-order valence-electron chi connectivity index (χ0n) is 9.73. The summed E-state index contributed by atoms with van der Waals surface area (Å²) in [5, 5.41) is 0. The van der Waals surface area contributed by atoms with Crippen molar-refractivity contribution < 1.29 is 13.9 Å². The second-order valence-electron chi connectivity index (χ2n) is 4.10. The summed E-state index contributed by atoms with van der Waals surface area (Å²) in [5.41, 5.74) is 5.85. The van der Waals surface area contributed by atoms with E-state index < -0.39 is 5.82 Å². The summed E-state index contributed by atoms with van der Waals surface area (Å²) >= 11 is 3.26. The fourth-order valence-corrected chi connectivity index (χ4v) is 2.29. The molecular weight excluding hydrogens is 303 g/mol. The van der Waals surface area contributed by atoms with Crippen LogP contribution in [0.4, 0.5) is 4.39 Å². The highest BCUT2D eigenvalue weighted by molar-refractivity contribution is 9.10. The number of hydrogen-bond donors (Lipinski definition) is 1. The Labute approximate surface area is 113 Å². The van der Waals surface area contributed by atoms with Crippen molar-refractivity contribution in [2.45, 2.75) is 6.10 Å². The lowest BCUT2D eigenvalue weighted by atomic mass is 10.1. The smallest absolute Gasteiger partial charge is 0.255 e. The second kappa shape index (κ2) is 5.77. The largest absolute Gasteiger partial charge is 0.373 e. The Hall–Kier alpha value is -0.980. The lowest BCUT2D eigenvalue weighted by molar-refractivity contribution is -0.0168. The van der Waals surface area contributed by atoms with Crippen LogP contribution in [-0.2, 0) is 4.74 Å². The average molecular weight is 317 g/mol. The van der Waals surface area contributed by atoms with Crippen molar-refractivity contribution in [1.29, 1.82) is 0 Å². The molecule has 4 nitrogen and oxygen atoms in total. The molecule has 0 saturated carbocycles. The van der Waals surface area contributed by atoms with E-state index in [1.54, 1.807) is 4.90 Å². The lowest BCUT2D eigenvalue weighted by Crippen LogP contribution is -2.48. The molecule has 2 N–H and O–H groups in total. The van der Waals surface area contributed by atoms with Crippen LogP contribution in [0.2, 0.25) is 0 Å². The Morgan fingerprint density at radius 2 is 2.39 bits per heavy atom. The van der Waals surface area contributed by atoms with Gasteiger partial charge in [-0.25, -0.2) is 4.39 Å². The first-order chi connectivity index (χ1) is 8.61. The fraction of sp³-hybridized carbons (Fsp3) is 0.417. The summed E-state index contributed by atoms with van der Waals surface area (Å²) in [5.74, 6) is -0.631. The van der Waals surface area contributed by atoms with Gasteiger partial charge in [-0.3, -0.25) is 4.79 Å². The van der Waals surface area contributed by atoms with Crippen molar-refractivity contribution in [2.24, 2.45) is 5.73 Å². The Kier molecular flexibility index (Phi) is 4.31. The number of hydrogen-bond acceptors (Lipinski definition) is 3. The van der Waals surface area contributed by atoms with E-state index in [0.29, 0.717) is 36.3 Å². The molecule has 1 aliphatic rings. The standard InChI is InChI=1S/C12H14BrFN2O2/c13-11-2-1-8(14)5-10(11)12(17)16-3-4-18-9(6-15)7-16/h1-2,5,9H,3-4,6-7,15H2. The number of nitrogens with zero attached hydrogens (tertiary/aromatic N) is 1. The van der Waals surface area contributed by atoms with Crippen molar-refractivity contribution in [3.05, 3.63) is 34.1 Å². The summed E-state index contributed by atoms with van der Waals surface area (Å²) in [6.45, 7) is 1.77. The maximum Gasteiger partial charge on any atom is 0.255 e. The number of benzene rings is 1. The Morgan fingerprint density at radius 1 is 1.61 bits per heavy atom. The van der Waals surface area contributed by atoms with E-state index in [1.165, 1.54) is 18.2 Å². The molecule has 0 radical (unpaired) electrons. The van der Waals surface area contributed by atoms with Gasteiger partial charge >= 0.3 is 0 Å². The second-order valence-corrected chi connectivity index (χ2v) is 4.96. The number of carbonyl (C=O) groups excluding carboxylic acids is 1. The molecule has 1 amide bonds. The highest BCUT2D eigenvalue weighted by Crippen LogP contribution is 2.20. The van der Waals surface area contributed by atoms with Gasteiger partial charge in [-0.1, -0.05) is 0 Å². The van der Waals surface area contributed by atoms with Crippen LogP contribution in [0, 0.1) is 5.82 Å². The van der Waals surface area contributed by atoms with Gasteiger partial charge in [0, 0.05) is 24.1 Å². The minimum atomic E-state index is -0.426. The molecule has 1 unspecified atom stereocenters. The van der Waals surface area contributed by atoms with Gasteiger partial charge in [0.2, 0.25) is 0 Å². The lowest BCUT2D eigenvalue weighted by Gasteiger charge is -2.32. The predicted octanol–water partition coefficient (Wildman–Crippen LogP) is 1.39. The Morgan fingerprint density at radius 3 is 3.11 bits per heavy atom. The monoisotopic (exact) mass is 316 g/mol. The number of morpholine rings is 1. The molecule has 0 aliphatic carbocycles. The molecule has 0 spiro atoms. The molecule has 1 atom stereocenters. The van der Waals surface area contributed by atoms with Gasteiger partial charge in [-0.15, -0.1) is 0 Å². The number of halogens is 2. The van der Waals surface area contributed by atoms with Gasteiger partial charge in [0.05, 0.1) is 18.3 Å². The van der Waals surface area contributed by atoms with Crippen molar-refractivity contribution in [3.8, 4) is 0 Å². The van der Waals surface area contributed by atoms with E-state index in [0.717, 1.165) is 0 Å². The molecule has 2 rings (SSSR count). The molecule has 1 aliphatic heterocycles. The fourth-order valence-electron chi connectivity index (χ4n) is 1.88. The first-order valence-corrected chi connectivity index (χ1v) is 6.47. The third kappa shape index (κ3) is 2.88. The molecule has 1 aromatic rings. The van der Waals surface area contributed by atoms with Crippen LogP contribution >= 0.6 is 15.9 Å². The first kappa shape index (κ1) is 13.5. The van der Waals surface area contributed by atoms with Crippen molar-refractivity contribution in [3.63, 3.8) is 0 Å². The van der Waals surface area contributed by atoms with Crippen LogP contribution in [0.3, 0.4) is 0 Å². The number of nitrogens with two attached hydrogens (primary N) is 1. The van der Waals surface area contributed by atoms with Crippen molar-refractivity contribution >= 4 is 21.8 Å². The van der Waals surface area contributed by atoms with E-state index in [1.807, 2.05) is 0 Å². The maximum absolute atomic E-state index is 13.2. The van der Waals surface area contributed by atoms with Crippen LogP contribution < -0.4 is 5.73 Å². The normalized spacial score (nSPS) is 19.9. The van der Waals surface area contributed by atoms with E-state index in [9.17, 15) is 9.18 Å². The van der Waals surface area contributed by atoms with Crippen LogP contribution in [0.15, 0.2) is 22.7 Å². The third-order valence-electron chi connectivity index (χ3n) is 2.85. The molecular formula is C12H14BrFN2O2. The number of rotatable bonds is 2. The predicted molar refractivity (Wildman–Crippen MR) is 68.8 cm³/mol. The highest BCUT2D eigenvalue weighted by atomic mass is 79.9. The number of ether oxygens (including phenoxy) is 1. The average Bonchev–Trinajstić information content (AvgIpc) is 2.41. The van der Waals surface area contributed by atoms with E-state index in [4.69, 9.17) is 10.5 Å². The quantitative estimate of drug-likeness (QED) is 0.897. The van der Waals surface area contributed by atoms with Crippen LogP contribution in [-0.4, -0.2) is 43.2 Å². The van der Waals surface area contributed by atoms with Crippen LogP contribution in [0.5, 0.6) is 0 Å². The van der Waals surface area contributed by atoms with Crippen molar-refractivity contribution in [1.82, 2.24) is 4.90 Å². The zero-order chi connectivity index (χ0) is 13.1. The van der Waals surface area contributed by atoms with Gasteiger partial charge < -0.3 is 15.4 Å². The Balaban J connectivity index is 2.17. The molecule has 1 saturated heterocycles. The van der Waals surface area contributed by atoms with Gasteiger partial charge in [-0.2, -0.15) is 0 Å². The van der Waals surface area contributed by atoms with Gasteiger partial charge in [0.15, 0.2) is 0 Å². The number of carbonyl (C=O) groups is 1. The van der Waals surface area contributed by atoms with Crippen LogP contribution in [0.1, 0.15) is 10.4 Å². The summed E-state index contributed by atoms with van der Waals surface area (Å²) in [6, 6.07) is 4.08. The molecule has 6 heteroatoms. The summed E-state index contributed by atoms with van der Waals surface area (Å²) in [4.78, 5) is 13.9. The summed E-state index contributed by atoms with van der Waals surface area (Å²) < 4.78 is 19.2. The molecule has 0 bridgehead atoms. The van der Waals surface area contributed by atoms with Crippen LogP contribution in [0.25, 0.3) is 0 Å². The van der Waals surface area contributed by atoms with E-state index in [2.05, 4.69) is 15.9 Å². The van der Waals surface area contributed by atoms with E-state index in [-0.39, 0.29) is 12.0 Å². The topological polar surface area (TPSA) is 55.6 Å². The van der Waals surface area contributed by atoms with Gasteiger partial charge in [-0.05, 0) is 34.1 Å². The number of amides is 1. The third-order valence-corrected chi connectivity index (χ3v) is 3.54. The SMILES string of the molecule is NCC1CN(C(=O)c2cc(F)ccc2Br)CCO1. The molecule has 0 aromatic heterocycles. The molecule has 1 fully saturated rings. The van der Waals surface area contributed by atoms with Gasteiger partial charge in [0.25, 0.3) is 5.91 Å².